The first kappa shape index (κ1) is 20.1. The number of ether oxygens (including phenoxy) is 2. The van der Waals surface area contributed by atoms with Gasteiger partial charge in [-0.2, -0.15) is 0 Å². The molecule has 2 amide bonds. The lowest BCUT2D eigenvalue weighted by Gasteiger charge is -2.32. The average molecular weight is 362 g/mol. The smallest absolute Gasteiger partial charge is 0.410 e. The molecule has 1 aromatic carbocycles. The summed E-state index contributed by atoms with van der Waals surface area (Å²) in [5.74, 6) is 0. The molecule has 1 aliphatic heterocycles. The van der Waals surface area contributed by atoms with Gasteiger partial charge in [-0.25, -0.2) is 9.59 Å². The van der Waals surface area contributed by atoms with Crippen molar-refractivity contribution in [2.45, 2.75) is 58.8 Å². The summed E-state index contributed by atoms with van der Waals surface area (Å²) >= 11 is 0. The van der Waals surface area contributed by atoms with Crippen molar-refractivity contribution in [2.24, 2.45) is 0 Å². The first-order chi connectivity index (χ1) is 12.3. The summed E-state index contributed by atoms with van der Waals surface area (Å²) in [6.45, 7) is 9.46. The van der Waals surface area contributed by atoms with Crippen molar-refractivity contribution in [3.63, 3.8) is 0 Å². The van der Waals surface area contributed by atoms with Crippen LogP contribution in [0.5, 0.6) is 0 Å². The molecule has 1 heterocycles. The summed E-state index contributed by atoms with van der Waals surface area (Å²) in [4.78, 5) is 28.4. The molecule has 2 rings (SSSR count). The summed E-state index contributed by atoms with van der Waals surface area (Å²) in [7, 11) is 0. The molecule has 1 atom stereocenters. The fourth-order valence-corrected chi connectivity index (χ4v) is 2.95. The highest BCUT2D eigenvalue weighted by atomic mass is 16.6. The van der Waals surface area contributed by atoms with E-state index in [-0.39, 0.29) is 24.8 Å². The Kier molecular flexibility index (Phi) is 6.89. The minimum absolute atomic E-state index is 0.0726. The lowest BCUT2D eigenvalue weighted by atomic mass is 10.2. The van der Waals surface area contributed by atoms with Crippen LogP contribution in [0, 0.1) is 0 Å². The van der Waals surface area contributed by atoms with Crippen molar-refractivity contribution in [3.8, 4) is 0 Å². The largest absolute Gasteiger partial charge is 0.445 e. The Hall–Kier alpha value is -2.24. The molecular weight excluding hydrogens is 332 g/mol. The lowest BCUT2D eigenvalue weighted by molar-refractivity contribution is 0.0154. The Bertz CT molecular complexity index is 598. The predicted octanol–water partition coefficient (Wildman–Crippen LogP) is 4.04. The fraction of sp³-hybridized carbons (Fsp3) is 0.600. The third-order valence-electron chi connectivity index (χ3n) is 4.26. The molecule has 6 nitrogen and oxygen atoms in total. The van der Waals surface area contributed by atoms with Crippen LogP contribution < -0.4 is 0 Å². The zero-order chi connectivity index (χ0) is 19.2. The monoisotopic (exact) mass is 362 g/mol. The topological polar surface area (TPSA) is 59.1 Å². The molecule has 0 unspecified atom stereocenters. The van der Waals surface area contributed by atoms with E-state index in [1.165, 1.54) is 0 Å². The summed E-state index contributed by atoms with van der Waals surface area (Å²) < 4.78 is 11.0. The van der Waals surface area contributed by atoms with E-state index >= 15 is 0 Å². The van der Waals surface area contributed by atoms with Gasteiger partial charge < -0.3 is 19.3 Å². The summed E-state index contributed by atoms with van der Waals surface area (Å²) in [6.07, 6.45) is 0.805. The Morgan fingerprint density at radius 1 is 1.12 bits per heavy atom. The van der Waals surface area contributed by atoms with E-state index in [1.807, 2.05) is 58.0 Å². The Labute approximate surface area is 156 Å². The maximum absolute atomic E-state index is 12.5. The van der Waals surface area contributed by atoms with Crippen molar-refractivity contribution in [1.82, 2.24) is 9.80 Å². The van der Waals surface area contributed by atoms with Crippen LogP contribution >= 0.6 is 0 Å². The molecule has 0 saturated carbocycles. The van der Waals surface area contributed by atoms with Crippen molar-refractivity contribution in [1.29, 1.82) is 0 Å². The van der Waals surface area contributed by atoms with Crippen LogP contribution in [0.25, 0.3) is 0 Å². The van der Waals surface area contributed by atoms with E-state index in [9.17, 15) is 9.59 Å². The third kappa shape index (κ3) is 5.93. The standard InChI is InChI=1S/C20H30N2O4/c1-5-17-14-21(18(23)25-15-16-10-7-6-8-11-16)12-9-13-22(17)19(24)26-20(2,3)4/h6-8,10-11,17H,5,9,12-15H2,1-4H3/t17-/m0/s1. The zero-order valence-corrected chi connectivity index (χ0v) is 16.2. The third-order valence-corrected chi connectivity index (χ3v) is 4.26. The van der Waals surface area contributed by atoms with Crippen molar-refractivity contribution >= 4 is 12.2 Å². The van der Waals surface area contributed by atoms with E-state index in [0.717, 1.165) is 12.0 Å². The van der Waals surface area contributed by atoms with Gasteiger partial charge in [-0.15, -0.1) is 0 Å². The number of amides is 2. The highest BCUT2D eigenvalue weighted by molar-refractivity contribution is 5.70. The number of benzene rings is 1. The van der Waals surface area contributed by atoms with Gasteiger partial charge >= 0.3 is 12.2 Å². The van der Waals surface area contributed by atoms with Crippen LogP contribution in [0.4, 0.5) is 9.59 Å². The number of nitrogens with zero attached hydrogens (tertiary/aromatic N) is 2. The number of hydrogen-bond donors (Lipinski definition) is 0. The van der Waals surface area contributed by atoms with Crippen LogP contribution in [0.1, 0.15) is 46.1 Å². The predicted molar refractivity (Wildman–Crippen MR) is 99.8 cm³/mol. The molecule has 0 radical (unpaired) electrons. The van der Waals surface area contributed by atoms with E-state index in [4.69, 9.17) is 9.47 Å². The van der Waals surface area contributed by atoms with Gasteiger partial charge in [-0.3, -0.25) is 0 Å². The number of carbonyl (C=O) groups excluding carboxylic acids is 2. The van der Waals surface area contributed by atoms with Crippen molar-refractivity contribution in [3.05, 3.63) is 35.9 Å². The molecule has 1 saturated heterocycles. The molecule has 0 bridgehead atoms. The molecule has 144 valence electrons. The molecule has 1 fully saturated rings. The molecule has 1 aromatic rings. The Balaban J connectivity index is 1.96. The van der Waals surface area contributed by atoms with Gasteiger partial charge in [0.1, 0.15) is 12.2 Å². The van der Waals surface area contributed by atoms with Gasteiger partial charge in [0.05, 0.1) is 6.04 Å². The van der Waals surface area contributed by atoms with Crippen LogP contribution in [-0.2, 0) is 16.1 Å². The maximum Gasteiger partial charge on any atom is 0.410 e. The van der Waals surface area contributed by atoms with Gasteiger partial charge in [0.15, 0.2) is 0 Å². The Morgan fingerprint density at radius 2 is 1.81 bits per heavy atom. The summed E-state index contributed by atoms with van der Waals surface area (Å²) in [5, 5.41) is 0. The van der Waals surface area contributed by atoms with Crippen molar-refractivity contribution in [2.75, 3.05) is 19.6 Å². The van der Waals surface area contributed by atoms with Gasteiger partial charge in [0.25, 0.3) is 0 Å². The second-order valence-corrected chi connectivity index (χ2v) is 7.58. The minimum Gasteiger partial charge on any atom is -0.445 e. The van der Waals surface area contributed by atoms with Gasteiger partial charge in [-0.05, 0) is 39.2 Å². The first-order valence-electron chi connectivity index (χ1n) is 9.25. The molecular formula is C20H30N2O4. The van der Waals surface area contributed by atoms with E-state index in [0.29, 0.717) is 26.1 Å². The molecule has 0 aliphatic carbocycles. The number of hydrogen-bond acceptors (Lipinski definition) is 4. The molecule has 1 aliphatic rings. The van der Waals surface area contributed by atoms with E-state index < -0.39 is 5.60 Å². The second-order valence-electron chi connectivity index (χ2n) is 7.58. The second kappa shape index (κ2) is 8.92. The maximum atomic E-state index is 12.5. The van der Waals surface area contributed by atoms with Gasteiger partial charge in [0, 0.05) is 19.6 Å². The highest BCUT2D eigenvalue weighted by Crippen LogP contribution is 2.18. The lowest BCUT2D eigenvalue weighted by Crippen LogP contribution is -2.47. The van der Waals surface area contributed by atoms with Crippen LogP contribution in [0.15, 0.2) is 30.3 Å². The van der Waals surface area contributed by atoms with E-state index in [2.05, 4.69) is 0 Å². The number of carbonyl (C=O) groups is 2. The Morgan fingerprint density at radius 3 is 2.42 bits per heavy atom. The zero-order valence-electron chi connectivity index (χ0n) is 16.2. The van der Waals surface area contributed by atoms with Gasteiger partial charge in [-0.1, -0.05) is 37.3 Å². The SMILES string of the molecule is CC[C@H]1CN(C(=O)OCc2ccccc2)CCCN1C(=O)OC(C)(C)C. The quantitative estimate of drug-likeness (QED) is 0.814. The number of rotatable bonds is 3. The average Bonchev–Trinajstić information content (AvgIpc) is 2.81. The highest BCUT2D eigenvalue weighted by Gasteiger charge is 2.32. The molecule has 26 heavy (non-hydrogen) atoms. The molecule has 0 aromatic heterocycles. The molecule has 0 spiro atoms. The minimum atomic E-state index is -0.532. The first-order valence-corrected chi connectivity index (χ1v) is 9.25. The summed E-state index contributed by atoms with van der Waals surface area (Å²) in [6, 6.07) is 9.54. The molecule has 6 heteroatoms. The van der Waals surface area contributed by atoms with Crippen LogP contribution in [0.2, 0.25) is 0 Å². The van der Waals surface area contributed by atoms with Crippen LogP contribution in [-0.4, -0.2) is 53.3 Å². The summed E-state index contributed by atoms with van der Waals surface area (Å²) in [5.41, 5.74) is 0.425. The van der Waals surface area contributed by atoms with Crippen molar-refractivity contribution < 1.29 is 19.1 Å². The fourth-order valence-electron chi connectivity index (χ4n) is 2.95. The normalized spacial score (nSPS) is 18.2. The van der Waals surface area contributed by atoms with Crippen LogP contribution in [0.3, 0.4) is 0 Å². The van der Waals surface area contributed by atoms with Gasteiger partial charge in [0.2, 0.25) is 0 Å². The molecule has 0 N–H and O–H groups in total. The van der Waals surface area contributed by atoms with E-state index in [1.54, 1.807) is 9.80 Å².